The second-order valence-electron chi connectivity index (χ2n) is 2.07. The van der Waals surface area contributed by atoms with Gasteiger partial charge in [0.2, 0.25) is 0 Å². The fourth-order valence-corrected chi connectivity index (χ4v) is 0.883. The van der Waals surface area contributed by atoms with Crippen molar-refractivity contribution >= 4 is 29.1 Å². The minimum Gasteiger partial charge on any atom is -0.298 e. The molecule has 1 aliphatic rings. The van der Waals surface area contributed by atoms with Crippen LogP contribution >= 0.6 is 12.2 Å². The summed E-state index contributed by atoms with van der Waals surface area (Å²) in [5.74, 6) is -1.74. The number of nitrogens with one attached hydrogen (secondary N) is 2. The van der Waals surface area contributed by atoms with Crippen LogP contribution in [0.2, 0.25) is 0 Å². The number of carbonyl (C=O) groups is 2. The summed E-state index contributed by atoms with van der Waals surface area (Å²) < 4.78 is 0. The lowest BCUT2D eigenvalue weighted by molar-refractivity contribution is -0.403. The molecule has 0 bridgehead atoms. The van der Waals surface area contributed by atoms with E-state index in [0.717, 1.165) is 0 Å². The first kappa shape index (κ1) is 9.26. The van der Waals surface area contributed by atoms with Crippen LogP contribution in [0.1, 0.15) is 0 Å². The van der Waals surface area contributed by atoms with E-state index in [2.05, 4.69) is 22.9 Å². The molecule has 0 aliphatic carbocycles. The van der Waals surface area contributed by atoms with E-state index < -0.39 is 22.3 Å². The van der Waals surface area contributed by atoms with E-state index in [4.69, 9.17) is 0 Å². The average Bonchev–Trinajstić information content (AvgIpc) is 1.96. The Balaban J connectivity index is 2.98. The van der Waals surface area contributed by atoms with Crippen LogP contribution in [0.15, 0.2) is 11.8 Å². The largest absolute Gasteiger partial charge is 0.298 e. The minimum absolute atomic E-state index is 0.157. The molecule has 0 unspecified atom stereocenters. The second kappa shape index (κ2) is 3.27. The molecule has 8 heteroatoms. The van der Waals surface area contributed by atoms with Crippen molar-refractivity contribution in [3.05, 3.63) is 21.9 Å². The van der Waals surface area contributed by atoms with Crippen molar-refractivity contribution in [1.29, 1.82) is 0 Å². The molecule has 0 radical (unpaired) electrons. The quantitative estimate of drug-likeness (QED) is 0.180. The van der Waals surface area contributed by atoms with Gasteiger partial charge in [-0.1, -0.05) is 0 Å². The molecule has 0 aromatic rings. The predicted molar refractivity (Wildman–Crippen MR) is 44.0 cm³/mol. The number of thiocarbonyl (C=S) groups is 1. The third-order valence-electron chi connectivity index (χ3n) is 1.18. The normalized spacial score (nSPS) is 16.3. The van der Waals surface area contributed by atoms with Gasteiger partial charge in [-0.3, -0.25) is 30.3 Å². The maximum Gasteiger partial charge on any atom is 0.269 e. The molecular formula is C5H3N3O4S. The van der Waals surface area contributed by atoms with Gasteiger partial charge in [-0.2, -0.15) is 0 Å². The highest BCUT2D eigenvalue weighted by atomic mass is 32.1. The standard InChI is InChI=1S/C5H3N3O4S/c9-3-2(1-8(11)12)4(10)7-5(13)6-3/h1H,(H2,6,7,9,10,13). The molecule has 1 saturated heterocycles. The van der Waals surface area contributed by atoms with Gasteiger partial charge in [0, 0.05) is 0 Å². The molecule has 7 nitrogen and oxygen atoms in total. The van der Waals surface area contributed by atoms with E-state index in [1.54, 1.807) is 0 Å². The fourth-order valence-electron chi connectivity index (χ4n) is 0.698. The van der Waals surface area contributed by atoms with Gasteiger partial charge in [-0.15, -0.1) is 0 Å². The van der Waals surface area contributed by atoms with Crippen LogP contribution in [0.4, 0.5) is 0 Å². The first-order chi connectivity index (χ1) is 6.00. The summed E-state index contributed by atoms with van der Waals surface area (Å²) in [5, 5.41) is 13.9. The molecule has 1 fully saturated rings. The lowest BCUT2D eigenvalue weighted by atomic mass is 10.2. The van der Waals surface area contributed by atoms with Crippen molar-refractivity contribution in [3.8, 4) is 0 Å². The van der Waals surface area contributed by atoms with Gasteiger partial charge in [0.05, 0.1) is 4.92 Å². The first-order valence-corrected chi connectivity index (χ1v) is 3.43. The van der Waals surface area contributed by atoms with E-state index in [0.29, 0.717) is 6.20 Å². The molecule has 0 spiro atoms. The van der Waals surface area contributed by atoms with E-state index in [1.807, 2.05) is 0 Å². The summed E-state index contributed by atoms with van der Waals surface area (Å²) in [6, 6.07) is 0. The maximum atomic E-state index is 10.9. The number of hydrogen-bond acceptors (Lipinski definition) is 5. The average molecular weight is 201 g/mol. The van der Waals surface area contributed by atoms with Gasteiger partial charge in [-0.25, -0.2) is 0 Å². The Morgan fingerprint density at radius 3 is 2.15 bits per heavy atom. The van der Waals surface area contributed by atoms with E-state index in [1.165, 1.54) is 0 Å². The van der Waals surface area contributed by atoms with Gasteiger partial charge in [0.25, 0.3) is 18.0 Å². The molecule has 0 aromatic carbocycles. The maximum absolute atomic E-state index is 10.9. The summed E-state index contributed by atoms with van der Waals surface area (Å²) in [6.07, 6.45) is 0.326. The van der Waals surface area contributed by atoms with E-state index >= 15 is 0 Å². The highest BCUT2D eigenvalue weighted by Gasteiger charge is 2.28. The third kappa shape index (κ3) is 2.06. The van der Waals surface area contributed by atoms with Gasteiger partial charge in [0.1, 0.15) is 0 Å². The molecule has 0 aromatic heterocycles. The smallest absolute Gasteiger partial charge is 0.269 e. The molecule has 2 N–H and O–H groups in total. The Kier molecular flexibility index (Phi) is 2.33. The second-order valence-corrected chi connectivity index (χ2v) is 2.47. The topological polar surface area (TPSA) is 101 Å². The molecule has 2 amide bonds. The Morgan fingerprint density at radius 2 is 1.77 bits per heavy atom. The number of nitrogens with zero attached hydrogens (tertiary/aromatic N) is 1. The molecule has 1 heterocycles. The van der Waals surface area contributed by atoms with Crippen LogP contribution in [0.25, 0.3) is 0 Å². The number of nitro groups is 1. The third-order valence-corrected chi connectivity index (χ3v) is 1.38. The summed E-state index contributed by atoms with van der Waals surface area (Å²) in [7, 11) is 0. The van der Waals surface area contributed by atoms with Crippen LogP contribution in [0, 0.1) is 10.1 Å². The summed E-state index contributed by atoms with van der Waals surface area (Å²) in [4.78, 5) is 30.9. The Hall–Kier alpha value is -1.83. The summed E-state index contributed by atoms with van der Waals surface area (Å²) in [6.45, 7) is 0. The fraction of sp³-hybridized carbons (Fsp3) is 0. The van der Waals surface area contributed by atoms with Crippen LogP contribution in [0.3, 0.4) is 0 Å². The summed E-state index contributed by atoms with van der Waals surface area (Å²) >= 11 is 4.47. The first-order valence-electron chi connectivity index (χ1n) is 3.02. The van der Waals surface area contributed by atoms with Crippen molar-refractivity contribution in [2.75, 3.05) is 0 Å². The van der Waals surface area contributed by atoms with Crippen LogP contribution < -0.4 is 10.6 Å². The minimum atomic E-state index is -0.886. The molecular weight excluding hydrogens is 198 g/mol. The van der Waals surface area contributed by atoms with Gasteiger partial charge < -0.3 is 0 Å². The SMILES string of the molecule is O=C1NC(=S)NC(=O)C1=C[N+](=O)[O-]. The Morgan fingerprint density at radius 1 is 1.31 bits per heavy atom. The Labute approximate surface area is 76.9 Å². The molecule has 1 rings (SSSR count). The van der Waals surface area contributed by atoms with Crippen molar-refractivity contribution in [3.63, 3.8) is 0 Å². The van der Waals surface area contributed by atoms with Crippen molar-refractivity contribution in [2.24, 2.45) is 0 Å². The zero-order chi connectivity index (χ0) is 10.0. The Bertz CT molecular complexity index is 326. The zero-order valence-corrected chi connectivity index (χ0v) is 6.88. The lowest BCUT2D eigenvalue weighted by Gasteiger charge is -2.13. The lowest BCUT2D eigenvalue weighted by Crippen LogP contribution is -2.51. The molecule has 13 heavy (non-hydrogen) atoms. The summed E-state index contributed by atoms with van der Waals surface area (Å²) in [5.41, 5.74) is -0.571. The van der Waals surface area contributed by atoms with Gasteiger partial charge in [0.15, 0.2) is 10.7 Å². The molecule has 0 atom stereocenters. The van der Waals surface area contributed by atoms with E-state index in [-0.39, 0.29) is 5.11 Å². The number of rotatable bonds is 1. The number of amides is 2. The number of carbonyl (C=O) groups excluding carboxylic acids is 2. The molecule has 68 valence electrons. The molecule has 0 saturated carbocycles. The van der Waals surface area contributed by atoms with Crippen LogP contribution in [-0.2, 0) is 9.59 Å². The zero-order valence-electron chi connectivity index (χ0n) is 6.07. The van der Waals surface area contributed by atoms with Crippen molar-refractivity contribution < 1.29 is 14.5 Å². The van der Waals surface area contributed by atoms with Gasteiger partial charge in [-0.05, 0) is 12.2 Å². The predicted octanol–water partition coefficient (Wildman–Crippen LogP) is -1.32. The van der Waals surface area contributed by atoms with E-state index in [9.17, 15) is 19.7 Å². The van der Waals surface area contributed by atoms with Gasteiger partial charge >= 0.3 is 0 Å². The van der Waals surface area contributed by atoms with Crippen molar-refractivity contribution in [2.45, 2.75) is 0 Å². The van der Waals surface area contributed by atoms with Crippen LogP contribution in [0.5, 0.6) is 0 Å². The highest BCUT2D eigenvalue weighted by molar-refractivity contribution is 7.80. The van der Waals surface area contributed by atoms with Crippen molar-refractivity contribution in [1.82, 2.24) is 10.6 Å². The monoisotopic (exact) mass is 201 g/mol. The number of hydrogen-bond donors (Lipinski definition) is 2. The molecule has 1 aliphatic heterocycles. The highest BCUT2D eigenvalue weighted by Crippen LogP contribution is 1.99. The van der Waals surface area contributed by atoms with Crippen LogP contribution in [-0.4, -0.2) is 21.9 Å².